The molecular formula is C22H31NO4Si. The van der Waals surface area contributed by atoms with Crippen LogP contribution in [0, 0.1) is 5.92 Å². The number of amides is 1. The number of ketones is 1. The van der Waals surface area contributed by atoms with Gasteiger partial charge in [0.15, 0.2) is 5.78 Å². The molecule has 1 aromatic rings. The average Bonchev–Trinajstić information content (AvgIpc) is 2.90. The molecule has 1 aromatic carbocycles. The van der Waals surface area contributed by atoms with Crippen LogP contribution in [-0.4, -0.2) is 43.3 Å². The van der Waals surface area contributed by atoms with Crippen molar-refractivity contribution in [3.63, 3.8) is 0 Å². The second kappa shape index (κ2) is 7.39. The number of Topliss-reactive ketones (excluding diaryl/α,β-unsaturated/α-hetero) is 1. The minimum atomic E-state index is -1.95. The summed E-state index contributed by atoms with van der Waals surface area (Å²) in [6, 6.07) is 5.91. The van der Waals surface area contributed by atoms with E-state index in [0.717, 1.165) is 35.3 Å². The van der Waals surface area contributed by atoms with Gasteiger partial charge in [-0.05, 0) is 54.6 Å². The molecule has 1 amide bonds. The number of piperidine rings is 1. The van der Waals surface area contributed by atoms with E-state index in [1.54, 1.807) is 0 Å². The molecule has 1 fully saturated rings. The molecule has 5 nitrogen and oxygen atoms in total. The van der Waals surface area contributed by atoms with E-state index in [0.29, 0.717) is 19.5 Å². The summed E-state index contributed by atoms with van der Waals surface area (Å²) in [6.07, 6.45) is 3.44. The molecule has 1 N–H and O–H groups in total. The first-order valence-corrected chi connectivity index (χ1v) is 12.9. The van der Waals surface area contributed by atoms with Gasteiger partial charge in [-0.15, -0.1) is 0 Å². The zero-order valence-corrected chi connectivity index (χ0v) is 18.5. The molecule has 0 bridgehead atoms. The van der Waals surface area contributed by atoms with Crippen molar-refractivity contribution < 1.29 is 19.1 Å². The summed E-state index contributed by atoms with van der Waals surface area (Å²) in [5.41, 5.74) is 2.65. The van der Waals surface area contributed by atoms with Crippen LogP contribution in [0.2, 0.25) is 18.1 Å². The smallest absolute Gasteiger partial charge is 0.407 e. The fourth-order valence-electron chi connectivity index (χ4n) is 3.57. The van der Waals surface area contributed by atoms with Crippen LogP contribution < -0.4 is 4.43 Å². The first-order chi connectivity index (χ1) is 13.0. The summed E-state index contributed by atoms with van der Waals surface area (Å²) in [5, 5.41) is 9.18. The Morgan fingerprint density at radius 1 is 1.25 bits per heavy atom. The van der Waals surface area contributed by atoms with Crippen LogP contribution in [0.1, 0.15) is 49.5 Å². The van der Waals surface area contributed by atoms with E-state index in [-0.39, 0.29) is 16.7 Å². The zero-order chi connectivity index (χ0) is 20.7. The van der Waals surface area contributed by atoms with Gasteiger partial charge >= 0.3 is 6.09 Å². The van der Waals surface area contributed by atoms with E-state index in [1.165, 1.54) is 4.90 Å². The third kappa shape index (κ3) is 4.16. The van der Waals surface area contributed by atoms with Crippen LogP contribution in [0.4, 0.5) is 4.79 Å². The Balaban J connectivity index is 1.73. The standard InChI is InChI=1S/C22H31NO4Si/c1-22(2,3)28(4,5)27-18-7-6-16-13-17(20(24)19(16)14-18)12-15-8-10-23(11-9-15)21(25)26/h6-7,12,14-15H,8-11,13H2,1-5H3,(H,25,26)/b17-12+. The van der Waals surface area contributed by atoms with E-state index in [4.69, 9.17) is 9.53 Å². The van der Waals surface area contributed by atoms with E-state index in [9.17, 15) is 9.59 Å². The molecule has 1 heterocycles. The molecule has 0 atom stereocenters. The summed E-state index contributed by atoms with van der Waals surface area (Å²) in [6.45, 7) is 12.1. The lowest BCUT2D eigenvalue weighted by atomic mass is 9.93. The fraction of sp³-hybridized carbons (Fsp3) is 0.545. The number of benzene rings is 1. The number of carbonyl (C=O) groups excluding carboxylic acids is 1. The highest BCUT2D eigenvalue weighted by molar-refractivity contribution is 6.74. The molecule has 1 aliphatic heterocycles. The van der Waals surface area contributed by atoms with E-state index < -0.39 is 14.4 Å². The number of hydrogen-bond donors (Lipinski definition) is 1. The lowest BCUT2D eigenvalue weighted by Gasteiger charge is -2.36. The molecule has 6 heteroatoms. The van der Waals surface area contributed by atoms with Gasteiger partial charge in [0, 0.05) is 30.6 Å². The predicted octanol–water partition coefficient (Wildman–Crippen LogP) is 5.13. The Bertz CT molecular complexity index is 814. The summed E-state index contributed by atoms with van der Waals surface area (Å²) in [4.78, 5) is 25.4. The Labute approximate surface area is 168 Å². The Morgan fingerprint density at radius 2 is 1.89 bits per heavy atom. The zero-order valence-electron chi connectivity index (χ0n) is 17.5. The largest absolute Gasteiger partial charge is 0.543 e. The van der Waals surface area contributed by atoms with Crippen LogP contribution in [0.15, 0.2) is 29.8 Å². The lowest BCUT2D eigenvalue weighted by molar-refractivity contribution is 0.103. The van der Waals surface area contributed by atoms with E-state index in [2.05, 4.69) is 39.9 Å². The molecule has 1 saturated heterocycles. The first-order valence-electron chi connectivity index (χ1n) is 10.0. The topological polar surface area (TPSA) is 66.8 Å². The molecule has 28 heavy (non-hydrogen) atoms. The SMILES string of the molecule is CC(C)(C)[Si](C)(C)Oc1ccc2c(c1)C(=O)/C(=C/C1CCN(C(=O)O)CC1)C2. The van der Waals surface area contributed by atoms with Gasteiger partial charge in [-0.2, -0.15) is 0 Å². The van der Waals surface area contributed by atoms with Gasteiger partial charge in [0.25, 0.3) is 0 Å². The maximum Gasteiger partial charge on any atom is 0.407 e. The molecule has 3 rings (SSSR count). The first kappa shape index (κ1) is 20.6. The summed E-state index contributed by atoms with van der Waals surface area (Å²) < 4.78 is 6.37. The number of nitrogens with zero attached hydrogens (tertiary/aromatic N) is 1. The molecule has 2 aliphatic rings. The molecule has 0 unspecified atom stereocenters. The molecule has 0 saturated carbocycles. The van der Waals surface area contributed by atoms with Crippen molar-refractivity contribution in [3.8, 4) is 5.75 Å². The number of carbonyl (C=O) groups is 2. The molecular weight excluding hydrogens is 370 g/mol. The number of rotatable bonds is 3. The van der Waals surface area contributed by atoms with Crippen molar-refractivity contribution >= 4 is 20.2 Å². The monoisotopic (exact) mass is 401 g/mol. The molecule has 0 aromatic heterocycles. The number of allylic oxidation sites excluding steroid dienone is 2. The summed E-state index contributed by atoms with van der Waals surface area (Å²) >= 11 is 0. The van der Waals surface area contributed by atoms with Crippen LogP contribution in [0.3, 0.4) is 0 Å². The van der Waals surface area contributed by atoms with Crippen molar-refractivity contribution in [2.24, 2.45) is 5.92 Å². The number of carboxylic acid groups (broad SMARTS) is 1. The Morgan fingerprint density at radius 3 is 2.46 bits per heavy atom. The van der Waals surface area contributed by atoms with Gasteiger partial charge in [-0.3, -0.25) is 4.79 Å². The number of hydrogen-bond acceptors (Lipinski definition) is 3. The van der Waals surface area contributed by atoms with Gasteiger partial charge in [0.2, 0.25) is 8.32 Å². The van der Waals surface area contributed by atoms with Crippen LogP contribution in [-0.2, 0) is 6.42 Å². The maximum absolute atomic E-state index is 12.9. The predicted molar refractivity (Wildman–Crippen MR) is 113 cm³/mol. The highest BCUT2D eigenvalue weighted by Gasteiger charge is 2.39. The second-order valence-corrected chi connectivity index (χ2v) is 14.2. The fourth-order valence-corrected chi connectivity index (χ4v) is 4.59. The molecule has 152 valence electrons. The van der Waals surface area contributed by atoms with Gasteiger partial charge in [-0.25, -0.2) is 4.79 Å². The lowest BCUT2D eigenvalue weighted by Crippen LogP contribution is -2.43. The molecule has 0 spiro atoms. The second-order valence-electron chi connectivity index (χ2n) is 9.49. The highest BCUT2D eigenvalue weighted by atomic mass is 28.4. The summed E-state index contributed by atoms with van der Waals surface area (Å²) in [7, 11) is -1.95. The summed E-state index contributed by atoms with van der Waals surface area (Å²) in [5.74, 6) is 1.15. The van der Waals surface area contributed by atoms with Crippen molar-refractivity contribution in [3.05, 3.63) is 41.0 Å². The maximum atomic E-state index is 12.9. The van der Waals surface area contributed by atoms with Crippen LogP contribution in [0.5, 0.6) is 5.75 Å². The minimum absolute atomic E-state index is 0.0938. The van der Waals surface area contributed by atoms with E-state index >= 15 is 0 Å². The average molecular weight is 402 g/mol. The molecule has 0 radical (unpaired) electrons. The van der Waals surface area contributed by atoms with Crippen molar-refractivity contribution in [2.45, 2.75) is 58.2 Å². The normalized spacial score (nSPS) is 19.8. The number of likely N-dealkylation sites (tertiary alicyclic amines) is 1. The van der Waals surface area contributed by atoms with Crippen LogP contribution in [0.25, 0.3) is 0 Å². The third-order valence-corrected chi connectivity index (χ3v) is 10.8. The van der Waals surface area contributed by atoms with Gasteiger partial charge in [0.1, 0.15) is 5.75 Å². The highest BCUT2D eigenvalue weighted by Crippen LogP contribution is 2.39. The quantitative estimate of drug-likeness (QED) is 0.563. The van der Waals surface area contributed by atoms with Crippen molar-refractivity contribution in [1.82, 2.24) is 4.90 Å². The van der Waals surface area contributed by atoms with Crippen molar-refractivity contribution in [2.75, 3.05) is 13.1 Å². The van der Waals surface area contributed by atoms with Crippen LogP contribution >= 0.6 is 0 Å². The number of fused-ring (bicyclic) bond motifs is 1. The third-order valence-electron chi connectivity index (χ3n) is 6.42. The molecule has 1 aliphatic carbocycles. The Hall–Kier alpha value is -2.08. The minimum Gasteiger partial charge on any atom is -0.543 e. The van der Waals surface area contributed by atoms with Gasteiger partial charge in [0.05, 0.1) is 0 Å². The Kier molecular flexibility index (Phi) is 5.45. The van der Waals surface area contributed by atoms with Crippen molar-refractivity contribution in [1.29, 1.82) is 0 Å². The van der Waals surface area contributed by atoms with Gasteiger partial charge in [-0.1, -0.05) is 32.9 Å². The van der Waals surface area contributed by atoms with E-state index in [1.807, 2.05) is 18.2 Å². The van der Waals surface area contributed by atoms with Gasteiger partial charge < -0.3 is 14.4 Å².